The van der Waals surface area contributed by atoms with Crippen LogP contribution in [0.1, 0.15) is 0 Å². The third kappa shape index (κ3) is 3.28. The van der Waals surface area contributed by atoms with Crippen LogP contribution in [-0.4, -0.2) is 18.9 Å². The number of para-hydroxylation sites is 5. The van der Waals surface area contributed by atoms with Crippen LogP contribution < -0.4 is 0 Å². The van der Waals surface area contributed by atoms with Crippen molar-refractivity contribution in [2.75, 3.05) is 0 Å². The minimum atomic E-state index is 0.883. The van der Waals surface area contributed by atoms with Gasteiger partial charge in [0.15, 0.2) is 5.65 Å². The summed E-state index contributed by atoms with van der Waals surface area (Å²) >= 11 is 0. The van der Waals surface area contributed by atoms with Crippen LogP contribution in [-0.2, 0) is 0 Å². The van der Waals surface area contributed by atoms with Gasteiger partial charge in [-0.05, 0) is 83.9 Å². The van der Waals surface area contributed by atoms with Gasteiger partial charge in [0, 0.05) is 43.4 Å². The summed E-state index contributed by atoms with van der Waals surface area (Å²) in [6.07, 6.45) is 0. The predicted octanol–water partition coefficient (Wildman–Crippen LogP) is 11.4. The first-order chi connectivity index (χ1) is 24.3. The van der Waals surface area contributed by atoms with Gasteiger partial charge in [0.2, 0.25) is 0 Å². The quantitative estimate of drug-likeness (QED) is 0.192. The number of rotatable bonds is 2. The topological polar surface area (TPSA) is 48.3 Å². The maximum atomic E-state index is 6.19. The molecule has 49 heavy (non-hydrogen) atoms. The molecule has 12 aromatic rings. The van der Waals surface area contributed by atoms with Crippen molar-refractivity contribution in [3.05, 3.63) is 146 Å². The fraction of sp³-hybridized carbons (Fsp3) is 0. The van der Waals surface area contributed by atoms with Gasteiger partial charge in [-0.1, -0.05) is 72.8 Å². The third-order valence-electron chi connectivity index (χ3n) is 10.4. The van der Waals surface area contributed by atoms with Gasteiger partial charge in [0.1, 0.15) is 16.7 Å². The summed E-state index contributed by atoms with van der Waals surface area (Å²) < 4.78 is 10.9. The van der Waals surface area contributed by atoms with E-state index in [1.54, 1.807) is 0 Å². The molecule has 0 fully saturated rings. The van der Waals surface area contributed by atoms with Gasteiger partial charge in [0.05, 0.1) is 33.1 Å². The Balaban J connectivity index is 1.26. The standard InChI is InChI=1S/C44H24N4O/c1-2-10-27(11-3-1)47-37-16-8-4-12-28(37)30-23-39-31(24-38(30)47)33-21-26(25-18-19-41-32(20-25)29-13-5-9-17-40(29)49-41)22-34-42-44(48(39)43(33)34)46-36-15-7-6-14-35(36)45-42/h1-24H. The van der Waals surface area contributed by atoms with Crippen molar-refractivity contribution in [1.82, 2.24) is 18.9 Å². The van der Waals surface area contributed by atoms with Gasteiger partial charge < -0.3 is 8.98 Å². The maximum absolute atomic E-state index is 6.19. The molecular formula is C44H24N4O. The Hall–Kier alpha value is -6.72. The van der Waals surface area contributed by atoms with Crippen molar-refractivity contribution in [3.63, 3.8) is 0 Å². The second-order valence-corrected chi connectivity index (χ2v) is 13.0. The lowest BCUT2D eigenvalue weighted by Crippen LogP contribution is -1.93. The highest BCUT2D eigenvalue weighted by Crippen LogP contribution is 2.44. The Labute approximate surface area is 278 Å². The van der Waals surface area contributed by atoms with E-state index in [0.717, 1.165) is 77.4 Å². The zero-order valence-corrected chi connectivity index (χ0v) is 26.1. The molecule has 226 valence electrons. The van der Waals surface area contributed by atoms with Crippen LogP contribution in [0.2, 0.25) is 0 Å². The summed E-state index contributed by atoms with van der Waals surface area (Å²) in [5.41, 5.74) is 13.5. The van der Waals surface area contributed by atoms with E-state index in [1.165, 1.54) is 32.6 Å². The maximum Gasteiger partial charge on any atom is 0.165 e. The van der Waals surface area contributed by atoms with Gasteiger partial charge in [-0.2, -0.15) is 0 Å². The number of fused-ring (bicyclic) bond motifs is 13. The molecule has 0 radical (unpaired) electrons. The van der Waals surface area contributed by atoms with Gasteiger partial charge in [-0.3, -0.25) is 4.40 Å². The number of benzene rings is 7. The van der Waals surface area contributed by atoms with Gasteiger partial charge in [0.25, 0.3) is 0 Å². The zero-order chi connectivity index (χ0) is 31.8. The normalized spacial score (nSPS) is 12.5. The summed E-state index contributed by atoms with van der Waals surface area (Å²) in [6, 6.07) is 51.7. The van der Waals surface area contributed by atoms with Crippen molar-refractivity contribution in [1.29, 1.82) is 0 Å². The molecule has 0 saturated carbocycles. The molecule has 0 spiro atoms. The highest BCUT2D eigenvalue weighted by Gasteiger charge is 2.24. The van der Waals surface area contributed by atoms with Crippen LogP contribution in [0, 0.1) is 0 Å². The molecule has 0 atom stereocenters. The molecule has 5 heterocycles. The van der Waals surface area contributed by atoms with Crippen molar-refractivity contribution in [2.24, 2.45) is 0 Å². The number of aromatic nitrogens is 4. The van der Waals surface area contributed by atoms with E-state index in [2.05, 4.69) is 130 Å². The van der Waals surface area contributed by atoms with E-state index in [0.29, 0.717) is 0 Å². The molecular weight excluding hydrogens is 601 g/mol. The average Bonchev–Trinajstić information content (AvgIpc) is 3.88. The fourth-order valence-corrected chi connectivity index (χ4v) is 8.26. The van der Waals surface area contributed by atoms with Gasteiger partial charge >= 0.3 is 0 Å². The third-order valence-corrected chi connectivity index (χ3v) is 10.4. The van der Waals surface area contributed by atoms with Crippen LogP contribution >= 0.6 is 0 Å². The molecule has 0 N–H and O–H groups in total. The van der Waals surface area contributed by atoms with Crippen molar-refractivity contribution < 1.29 is 4.42 Å². The van der Waals surface area contributed by atoms with Crippen molar-refractivity contribution in [3.8, 4) is 16.8 Å². The van der Waals surface area contributed by atoms with E-state index in [9.17, 15) is 0 Å². The molecule has 0 unspecified atom stereocenters. The molecule has 0 amide bonds. The minimum Gasteiger partial charge on any atom is -0.456 e. The smallest absolute Gasteiger partial charge is 0.165 e. The Morgan fingerprint density at radius 2 is 1.10 bits per heavy atom. The molecule has 0 aliphatic carbocycles. The highest BCUT2D eigenvalue weighted by molar-refractivity contribution is 6.26. The largest absolute Gasteiger partial charge is 0.456 e. The minimum absolute atomic E-state index is 0.883. The van der Waals surface area contributed by atoms with E-state index >= 15 is 0 Å². The summed E-state index contributed by atoms with van der Waals surface area (Å²) in [7, 11) is 0. The molecule has 5 nitrogen and oxygen atoms in total. The molecule has 7 aromatic carbocycles. The first kappa shape index (κ1) is 25.4. The lowest BCUT2D eigenvalue weighted by Gasteiger charge is -2.08. The number of nitrogens with zero attached hydrogens (tertiary/aromatic N) is 4. The van der Waals surface area contributed by atoms with Crippen LogP contribution in [0.3, 0.4) is 0 Å². The van der Waals surface area contributed by atoms with Crippen molar-refractivity contribution in [2.45, 2.75) is 0 Å². The summed E-state index contributed by atoms with van der Waals surface area (Å²) in [6.45, 7) is 0. The molecule has 12 rings (SSSR count). The van der Waals surface area contributed by atoms with E-state index in [4.69, 9.17) is 14.4 Å². The molecule has 5 heteroatoms. The molecule has 0 saturated heterocycles. The summed E-state index contributed by atoms with van der Waals surface area (Å²) in [4.78, 5) is 10.5. The van der Waals surface area contributed by atoms with Gasteiger partial charge in [-0.25, -0.2) is 9.97 Å². The van der Waals surface area contributed by atoms with Crippen LogP contribution in [0.5, 0.6) is 0 Å². The second kappa shape index (κ2) is 9.00. The van der Waals surface area contributed by atoms with Crippen molar-refractivity contribution >= 4 is 93.1 Å². The Kier molecular flexibility index (Phi) is 4.66. The average molecular weight is 625 g/mol. The predicted molar refractivity (Wildman–Crippen MR) is 201 cm³/mol. The number of hydrogen-bond acceptors (Lipinski definition) is 3. The summed E-state index contributed by atoms with van der Waals surface area (Å²) in [5.74, 6) is 0. The monoisotopic (exact) mass is 624 g/mol. The lowest BCUT2D eigenvalue weighted by molar-refractivity contribution is 0.669. The lowest BCUT2D eigenvalue weighted by atomic mass is 9.98. The SMILES string of the molecule is c1ccc(-n2c3ccccc3c3cc4c(cc32)c2cc(-c3ccc5oc6ccccc6c5c3)cc3c5nc6ccccc6nc5n4c23)cc1. The molecule has 5 aromatic heterocycles. The highest BCUT2D eigenvalue weighted by atomic mass is 16.3. The van der Waals surface area contributed by atoms with E-state index in [1.807, 2.05) is 24.3 Å². The zero-order valence-electron chi connectivity index (χ0n) is 26.1. The van der Waals surface area contributed by atoms with E-state index in [-0.39, 0.29) is 0 Å². The Bertz CT molecular complexity index is 3330. The van der Waals surface area contributed by atoms with Gasteiger partial charge in [-0.15, -0.1) is 0 Å². The molecule has 0 bridgehead atoms. The van der Waals surface area contributed by atoms with Crippen LogP contribution in [0.15, 0.2) is 150 Å². The van der Waals surface area contributed by atoms with E-state index < -0.39 is 0 Å². The van der Waals surface area contributed by atoms with Crippen LogP contribution in [0.4, 0.5) is 0 Å². The van der Waals surface area contributed by atoms with Crippen LogP contribution in [0.25, 0.3) is 110 Å². The Morgan fingerprint density at radius 3 is 2.00 bits per heavy atom. The molecule has 0 aliphatic heterocycles. The number of hydrogen-bond donors (Lipinski definition) is 0. The first-order valence-corrected chi connectivity index (χ1v) is 16.6. The second-order valence-electron chi connectivity index (χ2n) is 13.0. The Morgan fingerprint density at radius 1 is 0.429 bits per heavy atom. The fourth-order valence-electron chi connectivity index (χ4n) is 8.26. The molecule has 0 aliphatic rings. The summed E-state index contributed by atoms with van der Waals surface area (Å²) in [5, 5.41) is 8.18. The number of furan rings is 1. The first-order valence-electron chi connectivity index (χ1n) is 16.6.